The Morgan fingerprint density at radius 2 is 2.17 bits per heavy atom. The van der Waals surface area contributed by atoms with Gasteiger partial charge in [-0.25, -0.2) is 8.42 Å². The van der Waals surface area contributed by atoms with Crippen LogP contribution in [0, 0.1) is 0 Å². The molecule has 0 aliphatic carbocycles. The fourth-order valence-corrected chi connectivity index (χ4v) is 5.42. The Kier molecular flexibility index (Phi) is 4.85. The summed E-state index contributed by atoms with van der Waals surface area (Å²) in [6.45, 7) is 2.95. The Balaban J connectivity index is 1.83. The third kappa shape index (κ3) is 3.58. The van der Waals surface area contributed by atoms with E-state index in [1.807, 2.05) is 6.92 Å². The number of halogens is 1. The minimum atomic E-state index is -3.66. The zero-order valence-corrected chi connectivity index (χ0v) is 15.5. The van der Waals surface area contributed by atoms with Gasteiger partial charge in [-0.1, -0.05) is 24.6 Å². The van der Waals surface area contributed by atoms with Crippen molar-refractivity contribution in [1.29, 1.82) is 0 Å². The van der Waals surface area contributed by atoms with Crippen LogP contribution in [0.2, 0.25) is 5.02 Å². The first-order valence-electron chi connectivity index (χ1n) is 7.57. The summed E-state index contributed by atoms with van der Waals surface area (Å²) < 4.78 is 28.0. The Morgan fingerprint density at radius 1 is 1.38 bits per heavy atom. The number of hydrogen-bond acceptors (Lipinski definition) is 4. The number of rotatable bonds is 4. The third-order valence-electron chi connectivity index (χ3n) is 3.84. The highest BCUT2D eigenvalue weighted by molar-refractivity contribution is 7.94. The number of thiophene rings is 1. The van der Waals surface area contributed by atoms with Crippen LogP contribution < -0.4 is 4.72 Å². The standard InChI is InChI=1S/C16H17ClN2O3S2/c1-2-15(20)19-7-6-14-11(10-19)8-16(23-14)24(21,22)18-13-5-3-4-12(17)9-13/h3-5,8-9,18H,2,6-7,10H2,1H3. The lowest BCUT2D eigenvalue weighted by atomic mass is 10.1. The van der Waals surface area contributed by atoms with E-state index in [4.69, 9.17) is 11.6 Å². The van der Waals surface area contributed by atoms with Crippen molar-refractivity contribution in [3.63, 3.8) is 0 Å². The van der Waals surface area contributed by atoms with Crippen molar-refractivity contribution >= 4 is 44.6 Å². The van der Waals surface area contributed by atoms with Crippen LogP contribution in [0.3, 0.4) is 0 Å². The molecule has 0 saturated carbocycles. The minimum Gasteiger partial charge on any atom is -0.338 e. The van der Waals surface area contributed by atoms with Crippen LogP contribution >= 0.6 is 22.9 Å². The van der Waals surface area contributed by atoms with Crippen LogP contribution in [0.1, 0.15) is 23.8 Å². The molecule has 1 aromatic carbocycles. The van der Waals surface area contributed by atoms with E-state index in [0.717, 1.165) is 10.4 Å². The average Bonchev–Trinajstić information content (AvgIpc) is 2.97. The summed E-state index contributed by atoms with van der Waals surface area (Å²) in [6.07, 6.45) is 1.15. The molecule has 0 saturated heterocycles. The fourth-order valence-electron chi connectivity index (χ4n) is 2.63. The smallest absolute Gasteiger partial charge is 0.271 e. The van der Waals surface area contributed by atoms with Gasteiger partial charge in [0.25, 0.3) is 10.0 Å². The van der Waals surface area contributed by atoms with E-state index < -0.39 is 10.0 Å². The van der Waals surface area contributed by atoms with Gasteiger partial charge < -0.3 is 4.90 Å². The van der Waals surface area contributed by atoms with Crippen molar-refractivity contribution in [2.75, 3.05) is 11.3 Å². The van der Waals surface area contributed by atoms with E-state index in [1.54, 1.807) is 35.2 Å². The molecule has 0 spiro atoms. The van der Waals surface area contributed by atoms with Crippen LogP contribution in [0.25, 0.3) is 0 Å². The first-order chi connectivity index (χ1) is 11.4. The van der Waals surface area contributed by atoms with Gasteiger partial charge in [-0.15, -0.1) is 11.3 Å². The van der Waals surface area contributed by atoms with Gasteiger partial charge in [0.2, 0.25) is 5.91 Å². The summed E-state index contributed by atoms with van der Waals surface area (Å²) in [6, 6.07) is 8.26. The lowest BCUT2D eigenvalue weighted by Gasteiger charge is -2.26. The molecular formula is C16H17ClN2O3S2. The summed E-state index contributed by atoms with van der Waals surface area (Å²) in [5.74, 6) is 0.0910. The van der Waals surface area contributed by atoms with Gasteiger partial charge in [0.15, 0.2) is 0 Å². The van der Waals surface area contributed by atoms with Crippen LogP contribution in [-0.4, -0.2) is 25.8 Å². The van der Waals surface area contributed by atoms with E-state index >= 15 is 0 Å². The van der Waals surface area contributed by atoms with Gasteiger partial charge in [0, 0.05) is 29.4 Å². The molecule has 0 radical (unpaired) electrons. The highest BCUT2D eigenvalue weighted by atomic mass is 35.5. The van der Waals surface area contributed by atoms with Gasteiger partial charge in [-0.2, -0.15) is 0 Å². The minimum absolute atomic E-state index is 0.0910. The molecule has 2 aromatic rings. The number of carbonyl (C=O) groups is 1. The maximum Gasteiger partial charge on any atom is 0.271 e. The highest BCUT2D eigenvalue weighted by Crippen LogP contribution is 2.32. The normalized spacial score (nSPS) is 14.3. The molecule has 0 fully saturated rings. The number of sulfonamides is 1. The molecule has 1 amide bonds. The highest BCUT2D eigenvalue weighted by Gasteiger charge is 2.26. The van der Waals surface area contributed by atoms with Gasteiger partial charge >= 0.3 is 0 Å². The van der Waals surface area contributed by atoms with Crippen LogP contribution in [0.4, 0.5) is 5.69 Å². The molecule has 0 bridgehead atoms. The molecule has 1 aliphatic rings. The summed E-state index contributed by atoms with van der Waals surface area (Å²) in [4.78, 5) is 14.6. The number of anilines is 1. The van der Waals surface area contributed by atoms with Gasteiger partial charge in [0.1, 0.15) is 4.21 Å². The number of amides is 1. The Bertz CT molecular complexity index is 877. The van der Waals surface area contributed by atoms with Gasteiger partial charge in [-0.3, -0.25) is 9.52 Å². The Labute approximate surface area is 150 Å². The second-order valence-electron chi connectivity index (χ2n) is 5.55. The molecule has 8 heteroatoms. The molecule has 24 heavy (non-hydrogen) atoms. The maximum atomic E-state index is 12.6. The van der Waals surface area contributed by atoms with E-state index in [-0.39, 0.29) is 10.1 Å². The van der Waals surface area contributed by atoms with E-state index in [1.165, 1.54) is 11.3 Å². The molecule has 128 valence electrons. The third-order valence-corrected chi connectivity index (χ3v) is 7.17. The monoisotopic (exact) mass is 384 g/mol. The average molecular weight is 385 g/mol. The second-order valence-corrected chi connectivity index (χ2v) is 9.03. The predicted molar refractivity (Wildman–Crippen MR) is 96.0 cm³/mol. The first-order valence-corrected chi connectivity index (χ1v) is 10.2. The molecular weight excluding hydrogens is 368 g/mol. The zero-order valence-electron chi connectivity index (χ0n) is 13.1. The Morgan fingerprint density at radius 3 is 2.88 bits per heavy atom. The number of nitrogens with zero attached hydrogens (tertiary/aromatic N) is 1. The number of carbonyl (C=O) groups excluding carboxylic acids is 1. The van der Waals surface area contributed by atoms with Crippen molar-refractivity contribution in [1.82, 2.24) is 4.90 Å². The zero-order chi connectivity index (χ0) is 17.3. The van der Waals surface area contributed by atoms with Gasteiger partial charge in [0.05, 0.1) is 5.69 Å². The number of fused-ring (bicyclic) bond motifs is 1. The van der Waals surface area contributed by atoms with Crippen molar-refractivity contribution in [3.8, 4) is 0 Å². The van der Waals surface area contributed by atoms with Crippen LogP contribution in [0.15, 0.2) is 34.5 Å². The lowest BCUT2D eigenvalue weighted by molar-refractivity contribution is -0.131. The summed E-state index contributed by atoms with van der Waals surface area (Å²) in [5.41, 5.74) is 1.34. The first kappa shape index (κ1) is 17.3. The van der Waals surface area contributed by atoms with Gasteiger partial charge in [-0.05, 0) is 36.2 Å². The largest absolute Gasteiger partial charge is 0.338 e. The van der Waals surface area contributed by atoms with E-state index in [2.05, 4.69) is 4.72 Å². The molecule has 2 heterocycles. The number of nitrogens with one attached hydrogen (secondary N) is 1. The summed E-state index contributed by atoms with van der Waals surface area (Å²) in [5, 5.41) is 0.467. The molecule has 0 atom stereocenters. The number of benzene rings is 1. The van der Waals surface area contributed by atoms with Crippen LogP contribution in [-0.2, 0) is 27.8 Å². The Hall–Kier alpha value is -1.57. The summed E-state index contributed by atoms with van der Waals surface area (Å²) >= 11 is 7.16. The fraction of sp³-hybridized carbons (Fsp3) is 0.312. The lowest BCUT2D eigenvalue weighted by Crippen LogP contribution is -2.34. The van der Waals surface area contributed by atoms with E-state index in [9.17, 15) is 13.2 Å². The number of hydrogen-bond donors (Lipinski definition) is 1. The predicted octanol–water partition coefficient (Wildman–Crippen LogP) is 3.50. The van der Waals surface area contributed by atoms with Crippen molar-refractivity contribution in [2.24, 2.45) is 0 Å². The molecule has 1 N–H and O–H groups in total. The molecule has 3 rings (SSSR count). The second kappa shape index (κ2) is 6.74. The molecule has 1 aromatic heterocycles. The SMILES string of the molecule is CCC(=O)N1CCc2sc(S(=O)(=O)Nc3cccc(Cl)c3)cc2C1. The topological polar surface area (TPSA) is 66.5 Å². The maximum absolute atomic E-state index is 12.6. The van der Waals surface area contributed by atoms with Crippen molar-refractivity contribution < 1.29 is 13.2 Å². The van der Waals surface area contributed by atoms with Crippen LogP contribution in [0.5, 0.6) is 0 Å². The quantitative estimate of drug-likeness (QED) is 0.877. The molecule has 0 unspecified atom stereocenters. The van der Waals surface area contributed by atoms with E-state index in [0.29, 0.717) is 36.6 Å². The molecule has 1 aliphatic heterocycles. The van der Waals surface area contributed by atoms with Crippen molar-refractivity contribution in [2.45, 2.75) is 30.5 Å². The van der Waals surface area contributed by atoms with Crippen molar-refractivity contribution in [3.05, 3.63) is 45.8 Å². The summed E-state index contributed by atoms with van der Waals surface area (Å²) in [7, 11) is -3.66. The molecule has 5 nitrogen and oxygen atoms in total.